The molecule has 0 unspecified atom stereocenters. The van der Waals surface area contributed by atoms with E-state index in [9.17, 15) is 4.79 Å². The van der Waals surface area contributed by atoms with Crippen molar-refractivity contribution in [2.24, 2.45) is 0 Å². The lowest BCUT2D eigenvalue weighted by atomic mass is 10.1. The Morgan fingerprint density at radius 2 is 2.18 bits per heavy atom. The number of hydrogen-bond donors (Lipinski definition) is 1. The Balaban J connectivity index is 3.40. The fraction of sp³-hybridized carbons (Fsp3) is 0.875. The zero-order chi connectivity index (χ0) is 8.69. The Labute approximate surface area is 67.4 Å². The van der Waals surface area contributed by atoms with Gasteiger partial charge in [0.2, 0.25) is 0 Å². The van der Waals surface area contributed by atoms with Gasteiger partial charge < -0.3 is 9.84 Å². The molecule has 0 spiro atoms. The quantitative estimate of drug-likeness (QED) is 0.612. The van der Waals surface area contributed by atoms with Gasteiger partial charge in [-0.2, -0.15) is 0 Å². The largest absolute Gasteiger partial charge is 0.466 e. The molecule has 0 amide bonds. The fourth-order valence-electron chi connectivity index (χ4n) is 0.848. The molecule has 0 aliphatic heterocycles. The summed E-state index contributed by atoms with van der Waals surface area (Å²) in [6.07, 6.45) is 1.15. The van der Waals surface area contributed by atoms with E-state index >= 15 is 0 Å². The van der Waals surface area contributed by atoms with Crippen molar-refractivity contribution in [2.75, 3.05) is 6.61 Å². The summed E-state index contributed by atoms with van der Waals surface area (Å²) in [5.41, 5.74) is 0. The molecule has 0 aromatic carbocycles. The summed E-state index contributed by atoms with van der Waals surface area (Å²) in [6.45, 7) is 4.11. The standard InChI is InChI=1S/C8H16O3/c1-3-5-7(9)6-8(10)11-4-2/h7,9H,3-6H2,1-2H3/t7-/m1/s1. The number of hydrogen-bond acceptors (Lipinski definition) is 3. The Bertz CT molecular complexity index is 112. The van der Waals surface area contributed by atoms with E-state index in [2.05, 4.69) is 4.74 Å². The van der Waals surface area contributed by atoms with E-state index < -0.39 is 6.10 Å². The van der Waals surface area contributed by atoms with Gasteiger partial charge in [-0.1, -0.05) is 13.3 Å². The van der Waals surface area contributed by atoms with Crippen LogP contribution in [0.2, 0.25) is 0 Å². The third kappa shape index (κ3) is 5.85. The number of carbonyl (C=O) groups is 1. The number of aliphatic hydroxyl groups is 1. The molecule has 0 heterocycles. The van der Waals surface area contributed by atoms with Gasteiger partial charge in [0.25, 0.3) is 0 Å². The summed E-state index contributed by atoms with van der Waals surface area (Å²) in [5, 5.41) is 9.15. The van der Waals surface area contributed by atoms with Gasteiger partial charge in [-0.25, -0.2) is 0 Å². The topological polar surface area (TPSA) is 46.5 Å². The molecule has 0 aromatic rings. The number of rotatable bonds is 5. The highest BCUT2D eigenvalue weighted by Gasteiger charge is 2.09. The van der Waals surface area contributed by atoms with Crippen LogP contribution >= 0.6 is 0 Å². The molecule has 0 saturated heterocycles. The van der Waals surface area contributed by atoms with E-state index in [1.165, 1.54) is 0 Å². The van der Waals surface area contributed by atoms with Crippen LogP contribution < -0.4 is 0 Å². The van der Waals surface area contributed by atoms with E-state index in [0.29, 0.717) is 13.0 Å². The van der Waals surface area contributed by atoms with Crippen LogP contribution in [0.15, 0.2) is 0 Å². The highest BCUT2D eigenvalue weighted by Crippen LogP contribution is 2.01. The second-order valence-corrected chi connectivity index (χ2v) is 2.45. The Kier molecular flexibility index (Phi) is 5.84. The van der Waals surface area contributed by atoms with Crippen LogP contribution in [0, 0.1) is 0 Å². The average molecular weight is 160 g/mol. The summed E-state index contributed by atoms with van der Waals surface area (Å²) in [5.74, 6) is -0.312. The molecule has 0 saturated carbocycles. The smallest absolute Gasteiger partial charge is 0.308 e. The van der Waals surface area contributed by atoms with Crippen LogP contribution in [0.1, 0.15) is 33.1 Å². The Hall–Kier alpha value is -0.570. The summed E-state index contributed by atoms with van der Waals surface area (Å²) in [6, 6.07) is 0. The molecule has 0 bridgehead atoms. The zero-order valence-corrected chi connectivity index (χ0v) is 7.17. The number of carbonyl (C=O) groups excluding carboxylic acids is 1. The summed E-state index contributed by atoms with van der Waals surface area (Å²) in [4.78, 5) is 10.7. The van der Waals surface area contributed by atoms with Crippen molar-refractivity contribution in [3.63, 3.8) is 0 Å². The molecular formula is C8H16O3. The lowest BCUT2D eigenvalue weighted by molar-refractivity contribution is -0.145. The van der Waals surface area contributed by atoms with Crippen molar-refractivity contribution in [2.45, 2.75) is 39.2 Å². The second-order valence-electron chi connectivity index (χ2n) is 2.45. The second kappa shape index (κ2) is 6.16. The van der Waals surface area contributed by atoms with E-state index in [1.807, 2.05) is 6.92 Å². The van der Waals surface area contributed by atoms with Gasteiger partial charge in [-0.3, -0.25) is 4.79 Å². The molecule has 0 rings (SSSR count). The van der Waals surface area contributed by atoms with Gasteiger partial charge in [0.1, 0.15) is 0 Å². The van der Waals surface area contributed by atoms with Crippen molar-refractivity contribution in [3.8, 4) is 0 Å². The molecule has 0 aliphatic rings. The molecule has 0 aromatic heterocycles. The van der Waals surface area contributed by atoms with Crippen LogP contribution in [0.25, 0.3) is 0 Å². The van der Waals surface area contributed by atoms with Gasteiger partial charge in [-0.15, -0.1) is 0 Å². The van der Waals surface area contributed by atoms with Crippen LogP contribution in [0.4, 0.5) is 0 Å². The first kappa shape index (κ1) is 10.4. The fourth-order valence-corrected chi connectivity index (χ4v) is 0.848. The van der Waals surface area contributed by atoms with Crippen molar-refractivity contribution in [1.29, 1.82) is 0 Å². The maximum atomic E-state index is 10.7. The van der Waals surface area contributed by atoms with Crippen LogP contribution in [0.3, 0.4) is 0 Å². The summed E-state index contributed by atoms with van der Waals surface area (Å²) < 4.78 is 4.66. The molecule has 0 radical (unpaired) electrons. The van der Waals surface area contributed by atoms with Gasteiger partial charge in [-0.05, 0) is 13.3 Å². The van der Waals surface area contributed by atoms with Gasteiger partial charge >= 0.3 is 5.97 Å². The van der Waals surface area contributed by atoms with Crippen LogP contribution in [-0.4, -0.2) is 23.8 Å². The minimum absolute atomic E-state index is 0.127. The molecule has 3 heteroatoms. The molecule has 1 N–H and O–H groups in total. The Morgan fingerprint density at radius 3 is 2.64 bits per heavy atom. The number of esters is 1. The van der Waals surface area contributed by atoms with Gasteiger partial charge in [0.15, 0.2) is 0 Å². The van der Waals surface area contributed by atoms with E-state index in [4.69, 9.17) is 5.11 Å². The van der Waals surface area contributed by atoms with Crippen molar-refractivity contribution < 1.29 is 14.6 Å². The van der Waals surface area contributed by atoms with Crippen LogP contribution in [-0.2, 0) is 9.53 Å². The minimum Gasteiger partial charge on any atom is -0.466 e. The minimum atomic E-state index is -0.529. The molecule has 0 fully saturated rings. The number of ether oxygens (including phenoxy) is 1. The first-order chi connectivity index (χ1) is 5.20. The summed E-state index contributed by atoms with van der Waals surface area (Å²) >= 11 is 0. The van der Waals surface area contributed by atoms with Crippen LogP contribution in [0.5, 0.6) is 0 Å². The van der Waals surface area contributed by atoms with Crippen molar-refractivity contribution >= 4 is 5.97 Å². The molecule has 66 valence electrons. The maximum absolute atomic E-state index is 10.7. The molecule has 1 atom stereocenters. The third-order valence-electron chi connectivity index (χ3n) is 1.33. The first-order valence-electron chi connectivity index (χ1n) is 4.04. The molecular weight excluding hydrogens is 144 g/mol. The number of aliphatic hydroxyl groups excluding tert-OH is 1. The monoisotopic (exact) mass is 160 g/mol. The zero-order valence-electron chi connectivity index (χ0n) is 7.17. The predicted octanol–water partition coefficient (Wildman–Crippen LogP) is 1.10. The molecule has 0 aliphatic carbocycles. The highest BCUT2D eigenvalue weighted by atomic mass is 16.5. The highest BCUT2D eigenvalue weighted by molar-refractivity contribution is 5.69. The Morgan fingerprint density at radius 1 is 1.55 bits per heavy atom. The lowest BCUT2D eigenvalue weighted by Gasteiger charge is -2.07. The SMILES string of the molecule is CCC[C@@H](O)CC(=O)OCC. The first-order valence-corrected chi connectivity index (χ1v) is 4.04. The van der Waals surface area contributed by atoms with E-state index in [0.717, 1.165) is 6.42 Å². The van der Waals surface area contributed by atoms with E-state index in [1.54, 1.807) is 6.92 Å². The van der Waals surface area contributed by atoms with E-state index in [-0.39, 0.29) is 12.4 Å². The lowest BCUT2D eigenvalue weighted by Crippen LogP contribution is -2.15. The molecule has 11 heavy (non-hydrogen) atoms. The maximum Gasteiger partial charge on any atom is 0.308 e. The predicted molar refractivity (Wildman–Crippen MR) is 42.2 cm³/mol. The normalized spacial score (nSPS) is 12.6. The summed E-state index contributed by atoms with van der Waals surface area (Å²) in [7, 11) is 0. The van der Waals surface area contributed by atoms with Crippen molar-refractivity contribution in [1.82, 2.24) is 0 Å². The van der Waals surface area contributed by atoms with Crippen molar-refractivity contribution in [3.05, 3.63) is 0 Å². The average Bonchev–Trinajstić information content (AvgIpc) is 1.87. The molecule has 3 nitrogen and oxygen atoms in total. The van der Waals surface area contributed by atoms with Gasteiger partial charge in [0.05, 0.1) is 19.1 Å². The third-order valence-corrected chi connectivity index (χ3v) is 1.33. The van der Waals surface area contributed by atoms with Gasteiger partial charge in [0, 0.05) is 0 Å².